The Kier molecular flexibility index (Phi) is 6.65. The third kappa shape index (κ3) is 4.51. The first-order valence-electron chi connectivity index (χ1n) is 10.9. The number of carbonyl (C=O) groups excluding carboxylic acids is 2. The molecular formula is C25H24FN3O4S. The summed E-state index contributed by atoms with van der Waals surface area (Å²) in [4.78, 5) is 25.5. The van der Waals surface area contributed by atoms with Crippen LogP contribution in [0.4, 0.5) is 15.8 Å². The first-order chi connectivity index (χ1) is 16.3. The molecule has 1 aliphatic rings. The molecule has 0 fully saturated rings. The Balaban J connectivity index is 1.62. The van der Waals surface area contributed by atoms with Crippen LogP contribution in [-0.2, 0) is 14.8 Å². The van der Waals surface area contributed by atoms with E-state index in [2.05, 4.69) is 10.6 Å². The van der Waals surface area contributed by atoms with Crippen LogP contribution >= 0.6 is 0 Å². The van der Waals surface area contributed by atoms with Crippen molar-refractivity contribution in [2.75, 3.05) is 22.7 Å². The van der Waals surface area contributed by atoms with Crippen molar-refractivity contribution in [1.29, 1.82) is 0 Å². The summed E-state index contributed by atoms with van der Waals surface area (Å²) in [6.45, 7) is 1.98. The maximum absolute atomic E-state index is 14.0. The highest BCUT2D eigenvalue weighted by molar-refractivity contribution is 7.93. The van der Waals surface area contributed by atoms with E-state index in [4.69, 9.17) is 0 Å². The molecule has 0 spiro atoms. The van der Waals surface area contributed by atoms with Gasteiger partial charge in [-0.1, -0.05) is 43.7 Å². The number of hydrogen-bond donors (Lipinski definition) is 2. The number of benzene rings is 3. The molecule has 0 unspecified atom stereocenters. The lowest BCUT2D eigenvalue weighted by Crippen LogP contribution is -2.40. The number of para-hydroxylation sites is 1. The Morgan fingerprint density at radius 2 is 1.71 bits per heavy atom. The molecule has 0 aromatic heterocycles. The van der Waals surface area contributed by atoms with E-state index in [1.165, 1.54) is 18.2 Å². The fourth-order valence-electron chi connectivity index (χ4n) is 3.86. The number of carbonyl (C=O) groups is 2. The van der Waals surface area contributed by atoms with Gasteiger partial charge in [-0.05, 0) is 42.8 Å². The molecule has 0 aliphatic carbocycles. The molecule has 1 heterocycles. The van der Waals surface area contributed by atoms with Crippen molar-refractivity contribution in [1.82, 2.24) is 5.32 Å². The molecule has 0 saturated carbocycles. The van der Waals surface area contributed by atoms with E-state index in [0.717, 1.165) is 23.2 Å². The minimum atomic E-state index is -4.07. The van der Waals surface area contributed by atoms with Gasteiger partial charge in [0, 0.05) is 17.7 Å². The van der Waals surface area contributed by atoms with E-state index in [0.29, 0.717) is 17.7 Å². The highest BCUT2D eigenvalue weighted by atomic mass is 32.2. The van der Waals surface area contributed by atoms with E-state index < -0.39 is 28.3 Å². The Hall–Kier alpha value is -3.72. The second-order valence-corrected chi connectivity index (χ2v) is 9.70. The van der Waals surface area contributed by atoms with Crippen LogP contribution in [0.3, 0.4) is 0 Å². The Morgan fingerprint density at radius 1 is 0.971 bits per heavy atom. The zero-order valence-electron chi connectivity index (χ0n) is 18.5. The minimum Gasteiger partial charge on any atom is -0.352 e. The lowest BCUT2D eigenvalue weighted by atomic mass is 10.0. The summed E-state index contributed by atoms with van der Waals surface area (Å²) >= 11 is 0. The molecule has 2 N–H and O–H groups in total. The number of unbranched alkanes of at least 4 members (excludes halogenated alkanes) is 1. The van der Waals surface area contributed by atoms with Gasteiger partial charge in [0.25, 0.3) is 15.9 Å². The van der Waals surface area contributed by atoms with Gasteiger partial charge in [-0.15, -0.1) is 0 Å². The fourth-order valence-corrected chi connectivity index (χ4v) is 5.51. The van der Waals surface area contributed by atoms with E-state index in [-0.39, 0.29) is 27.7 Å². The van der Waals surface area contributed by atoms with Gasteiger partial charge >= 0.3 is 0 Å². The van der Waals surface area contributed by atoms with Gasteiger partial charge in [-0.25, -0.2) is 12.8 Å². The predicted octanol–water partition coefficient (Wildman–Crippen LogP) is 4.17. The molecule has 9 heteroatoms. The monoisotopic (exact) mass is 481 g/mol. The van der Waals surface area contributed by atoms with Gasteiger partial charge in [0.1, 0.15) is 12.4 Å². The van der Waals surface area contributed by atoms with E-state index >= 15 is 0 Å². The summed E-state index contributed by atoms with van der Waals surface area (Å²) in [7, 11) is -4.07. The summed E-state index contributed by atoms with van der Waals surface area (Å²) in [5.74, 6) is -1.48. The second kappa shape index (κ2) is 9.64. The summed E-state index contributed by atoms with van der Waals surface area (Å²) in [6.07, 6.45) is 1.76. The molecule has 3 aromatic carbocycles. The van der Waals surface area contributed by atoms with Gasteiger partial charge < -0.3 is 10.6 Å². The summed E-state index contributed by atoms with van der Waals surface area (Å²) < 4.78 is 41.7. The second-order valence-electron chi connectivity index (χ2n) is 7.87. The summed E-state index contributed by atoms with van der Waals surface area (Å²) in [5, 5.41) is 5.46. The molecule has 0 radical (unpaired) electrons. The van der Waals surface area contributed by atoms with Crippen LogP contribution in [0.25, 0.3) is 11.1 Å². The molecule has 7 nitrogen and oxygen atoms in total. The Morgan fingerprint density at radius 3 is 2.50 bits per heavy atom. The van der Waals surface area contributed by atoms with Crippen molar-refractivity contribution in [3.05, 3.63) is 78.1 Å². The average Bonchev–Trinajstić information content (AvgIpc) is 2.82. The molecule has 34 heavy (non-hydrogen) atoms. The standard InChI is InChI=1S/C25H24FN3O4S/c1-2-3-14-27-25(31)19-9-4-6-10-21(19)28-24(30)16-29-22-13-12-17(26)15-20(22)18-8-5-7-11-23(18)34(29,32)33/h4-13,15H,2-3,14,16H2,1H3,(H,27,31)(H,28,30). The van der Waals surface area contributed by atoms with E-state index in [1.54, 1.807) is 42.5 Å². The zero-order chi connectivity index (χ0) is 24.3. The molecular weight excluding hydrogens is 457 g/mol. The number of anilines is 2. The average molecular weight is 482 g/mol. The molecule has 0 atom stereocenters. The van der Waals surface area contributed by atoms with Gasteiger partial charge in [0.2, 0.25) is 5.91 Å². The maximum atomic E-state index is 14.0. The normalized spacial score (nSPS) is 13.5. The lowest BCUT2D eigenvalue weighted by molar-refractivity contribution is -0.114. The topological polar surface area (TPSA) is 95.6 Å². The van der Waals surface area contributed by atoms with Crippen molar-refractivity contribution in [3.63, 3.8) is 0 Å². The first-order valence-corrected chi connectivity index (χ1v) is 12.4. The van der Waals surface area contributed by atoms with Crippen LogP contribution in [0.2, 0.25) is 0 Å². The lowest BCUT2D eigenvalue weighted by Gasteiger charge is -2.31. The molecule has 3 aromatic rings. The van der Waals surface area contributed by atoms with Crippen LogP contribution in [0.5, 0.6) is 0 Å². The fraction of sp³-hybridized carbons (Fsp3) is 0.200. The van der Waals surface area contributed by atoms with Crippen LogP contribution in [-0.4, -0.2) is 33.3 Å². The van der Waals surface area contributed by atoms with Gasteiger partial charge in [-0.2, -0.15) is 0 Å². The Labute approximate surface area is 197 Å². The van der Waals surface area contributed by atoms with E-state index in [1.807, 2.05) is 6.92 Å². The van der Waals surface area contributed by atoms with E-state index in [9.17, 15) is 22.4 Å². The van der Waals surface area contributed by atoms with Gasteiger partial charge in [0.05, 0.1) is 21.8 Å². The number of halogens is 1. The van der Waals surface area contributed by atoms with Crippen molar-refractivity contribution < 1.29 is 22.4 Å². The largest absolute Gasteiger partial charge is 0.352 e. The number of amides is 2. The van der Waals surface area contributed by atoms with Crippen LogP contribution in [0.1, 0.15) is 30.1 Å². The number of nitrogens with one attached hydrogen (secondary N) is 2. The highest BCUT2D eigenvalue weighted by Crippen LogP contribution is 2.43. The molecule has 0 saturated heterocycles. The quantitative estimate of drug-likeness (QED) is 0.495. The van der Waals surface area contributed by atoms with Crippen LogP contribution < -0.4 is 14.9 Å². The van der Waals surface area contributed by atoms with Crippen molar-refractivity contribution >= 4 is 33.2 Å². The maximum Gasteiger partial charge on any atom is 0.265 e. The molecule has 1 aliphatic heterocycles. The third-order valence-electron chi connectivity index (χ3n) is 5.52. The predicted molar refractivity (Wildman–Crippen MR) is 129 cm³/mol. The first kappa shape index (κ1) is 23.4. The number of nitrogens with zero attached hydrogens (tertiary/aromatic N) is 1. The summed E-state index contributed by atoms with van der Waals surface area (Å²) in [6, 6.07) is 16.6. The van der Waals surface area contributed by atoms with Gasteiger partial charge in [0.15, 0.2) is 0 Å². The number of hydrogen-bond acceptors (Lipinski definition) is 4. The molecule has 4 rings (SSSR count). The van der Waals surface area contributed by atoms with Crippen molar-refractivity contribution in [2.45, 2.75) is 24.7 Å². The number of sulfonamides is 1. The highest BCUT2D eigenvalue weighted by Gasteiger charge is 2.36. The SMILES string of the molecule is CCCCNC(=O)c1ccccc1NC(=O)CN1c2ccc(F)cc2-c2ccccc2S1(=O)=O. The number of fused-ring (bicyclic) bond motifs is 3. The van der Waals surface area contributed by atoms with Crippen molar-refractivity contribution in [3.8, 4) is 11.1 Å². The molecule has 176 valence electrons. The summed E-state index contributed by atoms with van der Waals surface area (Å²) in [5.41, 5.74) is 1.52. The number of rotatable bonds is 7. The molecule has 0 bridgehead atoms. The Bertz CT molecular complexity index is 1360. The van der Waals surface area contributed by atoms with Gasteiger partial charge in [-0.3, -0.25) is 13.9 Å². The molecule has 2 amide bonds. The zero-order valence-corrected chi connectivity index (χ0v) is 19.4. The minimum absolute atomic E-state index is 0.00315. The van der Waals surface area contributed by atoms with Crippen LogP contribution in [0.15, 0.2) is 71.6 Å². The van der Waals surface area contributed by atoms with Crippen LogP contribution in [0, 0.1) is 5.82 Å². The smallest absolute Gasteiger partial charge is 0.265 e. The third-order valence-corrected chi connectivity index (χ3v) is 7.34. The van der Waals surface area contributed by atoms with Crippen molar-refractivity contribution in [2.24, 2.45) is 0 Å².